The van der Waals surface area contributed by atoms with Gasteiger partial charge in [-0.15, -0.1) is 0 Å². The second kappa shape index (κ2) is 6.86. The van der Waals surface area contributed by atoms with Crippen LogP contribution in [0.3, 0.4) is 0 Å². The normalized spacial score (nSPS) is 15.1. The number of hydrogen-bond donors (Lipinski definition) is 0. The molecule has 0 saturated carbocycles. The van der Waals surface area contributed by atoms with Gasteiger partial charge < -0.3 is 14.2 Å². The number of rotatable bonds is 6. The van der Waals surface area contributed by atoms with Crippen LogP contribution in [0.4, 0.5) is 0 Å². The Morgan fingerprint density at radius 3 is 2.15 bits per heavy atom. The highest BCUT2D eigenvalue weighted by Crippen LogP contribution is 2.02. The van der Waals surface area contributed by atoms with Crippen LogP contribution in [0.2, 0.25) is 0 Å². The first kappa shape index (κ1) is 12.4. The lowest BCUT2D eigenvalue weighted by atomic mass is 10.2. The minimum atomic E-state index is -0.244. The van der Waals surface area contributed by atoms with Crippen molar-refractivity contribution in [2.75, 3.05) is 27.4 Å². The lowest BCUT2D eigenvalue weighted by Gasteiger charge is -2.15. The maximum Gasteiger partial charge on any atom is 0.311 e. The molecular formula is C9H18O4. The van der Waals surface area contributed by atoms with Crippen molar-refractivity contribution in [3.05, 3.63) is 0 Å². The first-order valence-electron chi connectivity index (χ1n) is 4.30. The first-order chi connectivity index (χ1) is 6.11. The predicted molar refractivity (Wildman–Crippen MR) is 48.5 cm³/mol. The molecule has 0 amide bonds. The fourth-order valence-electron chi connectivity index (χ4n) is 0.901. The molecule has 0 N–H and O–H groups in total. The smallest absolute Gasteiger partial charge is 0.311 e. The number of carbonyl (C=O) groups is 1. The highest BCUT2D eigenvalue weighted by atomic mass is 16.6. The third-order valence-corrected chi connectivity index (χ3v) is 1.54. The van der Waals surface area contributed by atoms with E-state index in [0.29, 0.717) is 13.2 Å². The molecule has 0 saturated heterocycles. The van der Waals surface area contributed by atoms with Crippen molar-refractivity contribution in [1.29, 1.82) is 0 Å². The average Bonchev–Trinajstić information content (AvgIpc) is 2.05. The molecular weight excluding hydrogens is 172 g/mol. The van der Waals surface area contributed by atoms with Crippen molar-refractivity contribution in [3.63, 3.8) is 0 Å². The molecule has 0 aliphatic heterocycles. The van der Waals surface area contributed by atoms with Crippen LogP contribution in [0, 0.1) is 5.92 Å². The minimum absolute atomic E-state index is 0.197. The van der Waals surface area contributed by atoms with Crippen molar-refractivity contribution >= 4 is 5.97 Å². The van der Waals surface area contributed by atoms with Gasteiger partial charge in [0.05, 0.1) is 19.1 Å². The summed E-state index contributed by atoms with van der Waals surface area (Å²) in [6.45, 7) is 4.37. The quantitative estimate of drug-likeness (QED) is 0.582. The Balaban J connectivity index is 3.71. The molecule has 2 unspecified atom stereocenters. The van der Waals surface area contributed by atoms with Crippen LogP contribution in [0.1, 0.15) is 13.8 Å². The summed E-state index contributed by atoms with van der Waals surface area (Å²) < 4.78 is 14.7. The van der Waals surface area contributed by atoms with Crippen LogP contribution in [-0.4, -0.2) is 39.5 Å². The maximum absolute atomic E-state index is 11.3. The molecule has 0 aromatic heterocycles. The van der Waals surface area contributed by atoms with Gasteiger partial charge in [0, 0.05) is 14.2 Å². The third kappa shape index (κ3) is 5.60. The van der Waals surface area contributed by atoms with E-state index < -0.39 is 0 Å². The second-order valence-electron chi connectivity index (χ2n) is 3.06. The van der Waals surface area contributed by atoms with Gasteiger partial charge in [-0.1, -0.05) is 0 Å². The van der Waals surface area contributed by atoms with E-state index >= 15 is 0 Å². The molecule has 0 radical (unpaired) electrons. The van der Waals surface area contributed by atoms with Gasteiger partial charge >= 0.3 is 5.97 Å². The van der Waals surface area contributed by atoms with Crippen LogP contribution < -0.4 is 0 Å². The molecule has 0 aromatic carbocycles. The van der Waals surface area contributed by atoms with Gasteiger partial charge in [-0.2, -0.15) is 0 Å². The Morgan fingerprint density at radius 1 is 1.15 bits per heavy atom. The number of hydrogen-bond acceptors (Lipinski definition) is 4. The zero-order valence-electron chi connectivity index (χ0n) is 8.70. The lowest BCUT2D eigenvalue weighted by Crippen LogP contribution is -2.26. The van der Waals surface area contributed by atoms with Gasteiger partial charge in [-0.25, -0.2) is 0 Å². The van der Waals surface area contributed by atoms with Gasteiger partial charge in [0.1, 0.15) is 6.10 Å². The molecule has 0 fully saturated rings. The molecule has 2 atom stereocenters. The first-order valence-corrected chi connectivity index (χ1v) is 4.30. The molecule has 0 rings (SSSR count). The summed E-state index contributed by atoms with van der Waals surface area (Å²) in [5.41, 5.74) is 0. The summed E-state index contributed by atoms with van der Waals surface area (Å²) in [5, 5.41) is 0. The van der Waals surface area contributed by atoms with Crippen LogP contribution in [0.5, 0.6) is 0 Å². The summed E-state index contributed by atoms with van der Waals surface area (Å²) in [4.78, 5) is 11.3. The topological polar surface area (TPSA) is 44.8 Å². The van der Waals surface area contributed by atoms with E-state index in [1.807, 2.05) is 0 Å². The van der Waals surface area contributed by atoms with Crippen LogP contribution >= 0.6 is 0 Å². The van der Waals surface area contributed by atoms with Gasteiger partial charge in [0.15, 0.2) is 0 Å². The molecule has 0 spiro atoms. The molecule has 0 bridgehead atoms. The number of carbonyl (C=O) groups excluding carboxylic acids is 1. The largest absolute Gasteiger partial charge is 0.460 e. The molecule has 0 aliphatic carbocycles. The van der Waals surface area contributed by atoms with E-state index in [0.717, 1.165) is 0 Å². The fraction of sp³-hybridized carbons (Fsp3) is 0.889. The minimum Gasteiger partial charge on any atom is -0.460 e. The van der Waals surface area contributed by atoms with E-state index in [4.69, 9.17) is 14.2 Å². The fourth-order valence-corrected chi connectivity index (χ4v) is 0.901. The summed E-state index contributed by atoms with van der Waals surface area (Å²) in [5.74, 6) is -0.462. The van der Waals surface area contributed by atoms with Gasteiger partial charge in [-0.05, 0) is 13.8 Å². The molecule has 13 heavy (non-hydrogen) atoms. The summed E-state index contributed by atoms with van der Waals surface area (Å²) >= 11 is 0. The van der Waals surface area contributed by atoms with Crippen molar-refractivity contribution in [2.45, 2.75) is 20.0 Å². The van der Waals surface area contributed by atoms with E-state index in [-0.39, 0.29) is 18.0 Å². The summed E-state index contributed by atoms with van der Waals surface area (Å²) in [6, 6.07) is 0. The number of esters is 1. The Morgan fingerprint density at radius 2 is 1.69 bits per heavy atom. The number of ether oxygens (including phenoxy) is 3. The Hall–Kier alpha value is -0.610. The Bertz CT molecular complexity index is 147. The second-order valence-corrected chi connectivity index (χ2v) is 3.06. The molecule has 4 heteroatoms. The van der Waals surface area contributed by atoms with Crippen LogP contribution in [0.25, 0.3) is 0 Å². The van der Waals surface area contributed by atoms with Crippen molar-refractivity contribution < 1.29 is 19.0 Å². The molecule has 0 aromatic rings. The van der Waals surface area contributed by atoms with E-state index in [2.05, 4.69) is 0 Å². The maximum atomic E-state index is 11.3. The lowest BCUT2D eigenvalue weighted by molar-refractivity contribution is -0.156. The standard InChI is InChI=1S/C9H18O4/c1-7(5-11-3)9(10)13-8(2)6-12-4/h7-8H,5-6H2,1-4H3. The number of methoxy groups -OCH3 is 2. The van der Waals surface area contributed by atoms with E-state index in [1.165, 1.54) is 0 Å². The van der Waals surface area contributed by atoms with Crippen molar-refractivity contribution in [3.8, 4) is 0 Å². The Labute approximate surface area is 79.2 Å². The SMILES string of the molecule is COCC(C)OC(=O)C(C)COC. The molecule has 4 nitrogen and oxygen atoms in total. The van der Waals surface area contributed by atoms with Crippen LogP contribution in [0.15, 0.2) is 0 Å². The van der Waals surface area contributed by atoms with Gasteiger partial charge in [-0.3, -0.25) is 4.79 Å². The van der Waals surface area contributed by atoms with E-state index in [9.17, 15) is 4.79 Å². The molecule has 0 aliphatic rings. The Kier molecular flexibility index (Phi) is 6.54. The monoisotopic (exact) mass is 190 g/mol. The summed E-state index contributed by atoms with van der Waals surface area (Å²) in [6.07, 6.45) is -0.197. The molecule has 0 heterocycles. The van der Waals surface area contributed by atoms with E-state index in [1.54, 1.807) is 28.1 Å². The van der Waals surface area contributed by atoms with Crippen molar-refractivity contribution in [1.82, 2.24) is 0 Å². The average molecular weight is 190 g/mol. The highest BCUT2D eigenvalue weighted by Gasteiger charge is 2.16. The summed E-state index contributed by atoms with van der Waals surface area (Å²) in [7, 11) is 3.13. The zero-order valence-corrected chi connectivity index (χ0v) is 8.70. The zero-order chi connectivity index (χ0) is 10.3. The van der Waals surface area contributed by atoms with Crippen molar-refractivity contribution in [2.24, 2.45) is 5.92 Å². The highest BCUT2D eigenvalue weighted by molar-refractivity contribution is 5.72. The van der Waals surface area contributed by atoms with Crippen LogP contribution in [-0.2, 0) is 19.0 Å². The third-order valence-electron chi connectivity index (χ3n) is 1.54. The van der Waals surface area contributed by atoms with Gasteiger partial charge in [0.2, 0.25) is 0 Å². The predicted octanol–water partition coefficient (Wildman–Crippen LogP) is 0.847. The van der Waals surface area contributed by atoms with Gasteiger partial charge in [0.25, 0.3) is 0 Å². The molecule has 78 valence electrons.